The van der Waals surface area contributed by atoms with E-state index in [2.05, 4.69) is 37.9 Å². The molecule has 21 heavy (non-hydrogen) atoms. The number of ether oxygens (including phenoxy) is 1. The number of nitrogens with zero attached hydrogens (tertiary/aromatic N) is 1. The summed E-state index contributed by atoms with van der Waals surface area (Å²) in [7, 11) is 0. The third-order valence-electron chi connectivity index (χ3n) is 5.65. The monoisotopic (exact) mass is 296 g/mol. The maximum Gasteiger partial charge on any atom is 0.0594 e. The number of hydrogen-bond acceptors (Lipinski definition) is 3. The van der Waals surface area contributed by atoms with Gasteiger partial charge in [-0.1, -0.05) is 26.7 Å². The van der Waals surface area contributed by atoms with Crippen molar-refractivity contribution < 1.29 is 4.74 Å². The number of morpholine rings is 1. The quantitative estimate of drug-likeness (QED) is 0.814. The van der Waals surface area contributed by atoms with Crippen molar-refractivity contribution in [2.24, 2.45) is 11.8 Å². The molecule has 1 saturated carbocycles. The molecule has 0 radical (unpaired) electrons. The smallest absolute Gasteiger partial charge is 0.0594 e. The van der Waals surface area contributed by atoms with Crippen molar-refractivity contribution >= 4 is 0 Å². The Hall–Kier alpha value is -0.120. The van der Waals surface area contributed by atoms with Gasteiger partial charge in [0.25, 0.3) is 0 Å². The topological polar surface area (TPSA) is 24.5 Å². The van der Waals surface area contributed by atoms with Crippen LogP contribution in [0.2, 0.25) is 0 Å². The molecule has 0 aromatic rings. The molecule has 3 atom stereocenters. The Bertz CT molecular complexity index is 300. The zero-order valence-electron chi connectivity index (χ0n) is 14.7. The van der Waals surface area contributed by atoms with Gasteiger partial charge in [-0.25, -0.2) is 0 Å². The molecule has 2 rings (SSSR count). The molecule has 2 aliphatic rings. The lowest BCUT2D eigenvalue weighted by atomic mass is 9.72. The first-order valence-electron chi connectivity index (χ1n) is 9.12. The standard InChI is InChI=1S/C18H36N2O/c1-5-9-19-17(16-8-6-7-15(2)14-16)18(3,4)20-10-12-21-13-11-20/h15-17,19H,5-14H2,1-4H3. The average molecular weight is 296 g/mol. The second-order valence-electron chi connectivity index (χ2n) is 7.72. The molecule has 0 aromatic carbocycles. The summed E-state index contributed by atoms with van der Waals surface area (Å²) in [6.45, 7) is 14.7. The van der Waals surface area contributed by atoms with Crippen molar-refractivity contribution in [2.45, 2.75) is 71.4 Å². The first-order chi connectivity index (χ1) is 10.1. The van der Waals surface area contributed by atoms with E-state index >= 15 is 0 Å². The summed E-state index contributed by atoms with van der Waals surface area (Å²) in [5, 5.41) is 3.91. The van der Waals surface area contributed by atoms with E-state index in [-0.39, 0.29) is 5.54 Å². The number of nitrogens with one attached hydrogen (secondary N) is 1. The van der Waals surface area contributed by atoms with E-state index in [1.165, 1.54) is 32.1 Å². The third-order valence-corrected chi connectivity index (χ3v) is 5.65. The molecule has 1 saturated heterocycles. The fraction of sp³-hybridized carbons (Fsp3) is 1.00. The van der Waals surface area contributed by atoms with Gasteiger partial charge in [-0.3, -0.25) is 4.90 Å². The molecular formula is C18H36N2O. The molecule has 1 aliphatic heterocycles. The van der Waals surface area contributed by atoms with Crippen molar-refractivity contribution in [3.63, 3.8) is 0 Å². The molecule has 1 aliphatic carbocycles. The van der Waals surface area contributed by atoms with Crippen molar-refractivity contribution in [3.8, 4) is 0 Å². The molecule has 1 N–H and O–H groups in total. The highest BCUT2D eigenvalue weighted by molar-refractivity contribution is 4.99. The van der Waals surface area contributed by atoms with Gasteiger partial charge in [0, 0.05) is 24.7 Å². The maximum atomic E-state index is 5.56. The third kappa shape index (κ3) is 4.43. The summed E-state index contributed by atoms with van der Waals surface area (Å²) >= 11 is 0. The van der Waals surface area contributed by atoms with E-state index in [0.29, 0.717) is 6.04 Å². The van der Waals surface area contributed by atoms with Gasteiger partial charge in [0.15, 0.2) is 0 Å². The fourth-order valence-electron chi connectivity index (χ4n) is 4.41. The lowest BCUT2D eigenvalue weighted by Gasteiger charge is -2.50. The fourth-order valence-corrected chi connectivity index (χ4v) is 4.41. The summed E-state index contributed by atoms with van der Waals surface area (Å²) in [4.78, 5) is 2.66. The Labute approximate surface area is 131 Å². The maximum absolute atomic E-state index is 5.56. The Morgan fingerprint density at radius 3 is 2.57 bits per heavy atom. The van der Waals surface area contributed by atoms with Gasteiger partial charge in [0.2, 0.25) is 0 Å². The van der Waals surface area contributed by atoms with Crippen LogP contribution in [-0.4, -0.2) is 49.3 Å². The van der Waals surface area contributed by atoms with Gasteiger partial charge in [-0.05, 0) is 51.5 Å². The summed E-state index contributed by atoms with van der Waals surface area (Å²) in [5.41, 5.74) is 0.223. The van der Waals surface area contributed by atoms with E-state index in [1.807, 2.05) is 0 Å². The minimum Gasteiger partial charge on any atom is -0.379 e. The Kier molecular flexibility index (Phi) is 6.51. The van der Waals surface area contributed by atoms with Crippen LogP contribution in [0.5, 0.6) is 0 Å². The second-order valence-corrected chi connectivity index (χ2v) is 7.72. The lowest BCUT2D eigenvalue weighted by molar-refractivity contribution is -0.0358. The van der Waals surface area contributed by atoms with E-state index in [0.717, 1.165) is 44.7 Å². The summed E-state index contributed by atoms with van der Waals surface area (Å²) in [6, 6.07) is 0.610. The molecule has 0 spiro atoms. The highest BCUT2D eigenvalue weighted by Gasteiger charge is 2.41. The van der Waals surface area contributed by atoms with Gasteiger partial charge < -0.3 is 10.1 Å². The molecule has 2 fully saturated rings. The van der Waals surface area contributed by atoms with Crippen LogP contribution < -0.4 is 5.32 Å². The Morgan fingerprint density at radius 1 is 1.24 bits per heavy atom. The molecule has 124 valence electrons. The largest absolute Gasteiger partial charge is 0.379 e. The predicted molar refractivity (Wildman–Crippen MR) is 89.7 cm³/mol. The van der Waals surface area contributed by atoms with Crippen LogP contribution in [0.4, 0.5) is 0 Å². The average Bonchev–Trinajstić information content (AvgIpc) is 2.48. The van der Waals surface area contributed by atoms with Crippen LogP contribution in [0.25, 0.3) is 0 Å². The summed E-state index contributed by atoms with van der Waals surface area (Å²) < 4.78 is 5.56. The molecule has 0 amide bonds. The van der Waals surface area contributed by atoms with Crippen LogP contribution in [0, 0.1) is 11.8 Å². The second kappa shape index (κ2) is 7.94. The molecular weight excluding hydrogens is 260 g/mol. The van der Waals surface area contributed by atoms with Crippen molar-refractivity contribution in [1.82, 2.24) is 10.2 Å². The first kappa shape index (κ1) is 17.2. The first-order valence-corrected chi connectivity index (χ1v) is 9.12. The van der Waals surface area contributed by atoms with Crippen LogP contribution >= 0.6 is 0 Å². The van der Waals surface area contributed by atoms with Crippen LogP contribution in [0.15, 0.2) is 0 Å². The van der Waals surface area contributed by atoms with E-state index < -0.39 is 0 Å². The highest BCUT2D eigenvalue weighted by Crippen LogP contribution is 2.36. The van der Waals surface area contributed by atoms with Crippen LogP contribution in [0.3, 0.4) is 0 Å². The van der Waals surface area contributed by atoms with E-state index in [1.54, 1.807) is 0 Å². The van der Waals surface area contributed by atoms with Gasteiger partial charge in [0.1, 0.15) is 0 Å². The van der Waals surface area contributed by atoms with E-state index in [4.69, 9.17) is 4.74 Å². The molecule has 3 heteroatoms. The number of rotatable bonds is 6. The van der Waals surface area contributed by atoms with Gasteiger partial charge in [0.05, 0.1) is 13.2 Å². The van der Waals surface area contributed by atoms with Crippen molar-refractivity contribution in [3.05, 3.63) is 0 Å². The lowest BCUT2D eigenvalue weighted by Crippen LogP contribution is -2.63. The molecule has 1 heterocycles. The van der Waals surface area contributed by atoms with Gasteiger partial charge >= 0.3 is 0 Å². The Morgan fingerprint density at radius 2 is 1.95 bits per heavy atom. The molecule has 3 nitrogen and oxygen atoms in total. The van der Waals surface area contributed by atoms with Crippen molar-refractivity contribution in [2.75, 3.05) is 32.8 Å². The van der Waals surface area contributed by atoms with Crippen LogP contribution in [0.1, 0.15) is 59.8 Å². The summed E-state index contributed by atoms with van der Waals surface area (Å²) in [5.74, 6) is 1.73. The Balaban J connectivity index is 2.08. The van der Waals surface area contributed by atoms with Gasteiger partial charge in [-0.2, -0.15) is 0 Å². The summed E-state index contributed by atoms with van der Waals surface area (Å²) in [6.07, 6.45) is 6.86. The van der Waals surface area contributed by atoms with Gasteiger partial charge in [-0.15, -0.1) is 0 Å². The molecule has 3 unspecified atom stereocenters. The minimum absolute atomic E-state index is 0.223. The minimum atomic E-state index is 0.223. The zero-order chi connectivity index (χ0) is 15.3. The van der Waals surface area contributed by atoms with E-state index in [9.17, 15) is 0 Å². The SMILES string of the molecule is CCCNC(C1CCCC(C)C1)C(C)(C)N1CCOCC1. The number of hydrogen-bond donors (Lipinski definition) is 1. The molecule has 0 aromatic heterocycles. The van der Waals surface area contributed by atoms with Crippen LogP contribution in [-0.2, 0) is 4.74 Å². The zero-order valence-corrected chi connectivity index (χ0v) is 14.7. The predicted octanol–water partition coefficient (Wildman–Crippen LogP) is 3.29. The normalized spacial score (nSPS) is 30.3. The van der Waals surface area contributed by atoms with Crippen molar-refractivity contribution in [1.29, 1.82) is 0 Å². The molecule has 0 bridgehead atoms. The highest BCUT2D eigenvalue weighted by atomic mass is 16.5.